The van der Waals surface area contributed by atoms with E-state index in [1.165, 1.54) is 0 Å². The Labute approximate surface area is 111 Å². The molecule has 0 unspecified atom stereocenters. The highest BCUT2D eigenvalue weighted by atomic mass is 35.5. The Bertz CT molecular complexity index is 584. The summed E-state index contributed by atoms with van der Waals surface area (Å²) in [7, 11) is -3.37. The normalized spacial score (nSPS) is 16.2. The molecule has 7 heteroatoms. The van der Waals surface area contributed by atoms with E-state index in [9.17, 15) is 8.42 Å². The zero-order chi connectivity index (χ0) is 13.2. The first-order valence-corrected chi connectivity index (χ1v) is 7.63. The molecule has 18 heavy (non-hydrogen) atoms. The Morgan fingerprint density at radius 1 is 1.50 bits per heavy atom. The highest BCUT2D eigenvalue weighted by Crippen LogP contribution is 2.27. The van der Waals surface area contributed by atoms with Crippen LogP contribution in [0.4, 0.5) is 5.69 Å². The molecule has 0 fully saturated rings. The second kappa shape index (κ2) is 5.26. The number of rotatable bonds is 3. The molecule has 0 saturated heterocycles. The summed E-state index contributed by atoms with van der Waals surface area (Å²) in [4.78, 5) is 4.00. The fourth-order valence-corrected chi connectivity index (χ4v) is 2.45. The molecular formula is C11H13ClN2O3S. The van der Waals surface area contributed by atoms with Crippen LogP contribution in [-0.4, -0.2) is 32.9 Å². The number of hydrogen-bond acceptors (Lipinski definition) is 4. The van der Waals surface area contributed by atoms with E-state index in [1.54, 1.807) is 12.3 Å². The molecule has 0 spiro atoms. The highest BCUT2D eigenvalue weighted by molar-refractivity contribution is 7.92. The van der Waals surface area contributed by atoms with Crippen molar-refractivity contribution in [2.45, 2.75) is 6.42 Å². The molecule has 0 bridgehead atoms. The molecule has 2 heterocycles. The molecular weight excluding hydrogens is 276 g/mol. The van der Waals surface area contributed by atoms with Crippen LogP contribution in [0.25, 0.3) is 5.57 Å². The van der Waals surface area contributed by atoms with Crippen LogP contribution in [0.1, 0.15) is 12.0 Å². The molecule has 1 aromatic heterocycles. The number of pyridine rings is 1. The van der Waals surface area contributed by atoms with E-state index in [0.717, 1.165) is 23.8 Å². The van der Waals surface area contributed by atoms with Crippen LogP contribution in [0.5, 0.6) is 0 Å². The summed E-state index contributed by atoms with van der Waals surface area (Å²) in [6.07, 6.45) is 5.44. The van der Waals surface area contributed by atoms with E-state index < -0.39 is 10.0 Å². The number of nitrogens with one attached hydrogen (secondary N) is 1. The second-order valence-corrected chi connectivity index (χ2v) is 6.10. The van der Waals surface area contributed by atoms with Gasteiger partial charge in [0.05, 0.1) is 25.2 Å². The van der Waals surface area contributed by atoms with Crippen LogP contribution in [0, 0.1) is 0 Å². The highest BCUT2D eigenvalue weighted by Gasteiger charge is 2.12. The molecule has 1 aliphatic rings. The third-order valence-corrected chi connectivity index (χ3v) is 3.36. The van der Waals surface area contributed by atoms with Crippen LogP contribution >= 0.6 is 11.6 Å². The fourth-order valence-electron chi connectivity index (χ4n) is 1.68. The Morgan fingerprint density at radius 2 is 2.28 bits per heavy atom. The number of sulfonamides is 1. The van der Waals surface area contributed by atoms with Gasteiger partial charge in [-0.15, -0.1) is 0 Å². The number of nitrogens with zero attached hydrogens (tertiary/aromatic N) is 1. The molecule has 1 aliphatic heterocycles. The summed E-state index contributed by atoms with van der Waals surface area (Å²) in [5, 5.41) is 0.136. The first kappa shape index (κ1) is 13.3. The third-order valence-electron chi connectivity index (χ3n) is 2.47. The minimum atomic E-state index is -3.37. The Hall–Kier alpha value is -1.11. The van der Waals surface area contributed by atoms with Crippen molar-refractivity contribution in [2.24, 2.45) is 0 Å². The lowest BCUT2D eigenvalue weighted by atomic mass is 10.0. The van der Waals surface area contributed by atoms with Gasteiger partial charge in [0.15, 0.2) is 5.15 Å². The van der Waals surface area contributed by atoms with Crippen molar-refractivity contribution < 1.29 is 13.2 Å². The standard InChI is InChI=1S/C11H13ClN2O3S/c1-18(15,16)14-10-6-9(7-13-11(10)12)8-2-4-17-5-3-8/h2,6-7,14H,3-5H2,1H3. The number of hydrogen-bond donors (Lipinski definition) is 1. The minimum Gasteiger partial charge on any atom is -0.377 e. The predicted molar refractivity (Wildman–Crippen MR) is 71.1 cm³/mol. The van der Waals surface area contributed by atoms with E-state index in [2.05, 4.69) is 9.71 Å². The third kappa shape index (κ3) is 3.44. The number of halogens is 1. The number of anilines is 1. The maximum Gasteiger partial charge on any atom is 0.229 e. The van der Waals surface area contributed by atoms with Crippen LogP contribution < -0.4 is 4.72 Å². The quantitative estimate of drug-likeness (QED) is 0.863. The van der Waals surface area contributed by atoms with Crippen LogP contribution in [0.3, 0.4) is 0 Å². The Balaban J connectivity index is 2.34. The molecule has 2 rings (SSSR count). The molecule has 0 saturated carbocycles. The van der Waals surface area contributed by atoms with Gasteiger partial charge in [-0.25, -0.2) is 13.4 Å². The zero-order valence-corrected chi connectivity index (χ0v) is 11.4. The first-order valence-electron chi connectivity index (χ1n) is 5.36. The van der Waals surface area contributed by atoms with Crippen molar-refractivity contribution in [1.29, 1.82) is 0 Å². The number of ether oxygens (including phenoxy) is 1. The molecule has 5 nitrogen and oxygen atoms in total. The monoisotopic (exact) mass is 288 g/mol. The Morgan fingerprint density at radius 3 is 2.89 bits per heavy atom. The van der Waals surface area contributed by atoms with E-state index in [-0.39, 0.29) is 5.15 Å². The van der Waals surface area contributed by atoms with Gasteiger partial charge >= 0.3 is 0 Å². The topological polar surface area (TPSA) is 68.3 Å². The molecule has 0 aliphatic carbocycles. The lowest BCUT2D eigenvalue weighted by Crippen LogP contribution is -2.11. The summed E-state index contributed by atoms with van der Waals surface area (Å²) >= 11 is 5.86. The minimum absolute atomic E-state index is 0.136. The van der Waals surface area contributed by atoms with Crippen molar-refractivity contribution in [2.75, 3.05) is 24.2 Å². The smallest absolute Gasteiger partial charge is 0.229 e. The van der Waals surface area contributed by atoms with Gasteiger partial charge in [0.2, 0.25) is 10.0 Å². The molecule has 0 aromatic carbocycles. The van der Waals surface area contributed by atoms with Gasteiger partial charge < -0.3 is 4.74 Å². The van der Waals surface area contributed by atoms with Gasteiger partial charge in [0.25, 0.3) is 0 Å². The lowest BCUT2D eigenvalue weighted by Gasteiger charge is -2.15. The van der Waals surface area contributed by atoms with Gasteiger partial charge in [0, 0.05) is 6.20 Å². The fraction of sp³-hybridized carbons (Fsp3) is 0.364. The summed E-state index contributed by atoms with van der Waals surface area (Å²) in [6, 6.07) is 1.69. The average molecular weight is 289 g/mol. The van der Waals surface area contributed by atoms with E-state index in [0.29, 0.717) is 18.9 Å². The first-order chi connectivity index (χ1) is 8.46. The lowest BCUT2D eigenvalue weighted by molar-refractivity contribution is 0.161. The van der Waals surface area contributed by atoms with Gasteiger partial charge in [-0.2, -0.15) is 0 Å². The summed E-state index contributed by atoms with van der Waals surface area (Å²) in [6.45, 7) is 1.22. The van der Waals surface area contributed by atoms with Crippen LogP contribution in [-0.2, 0) is 14.8 Å². The van der Waals surface area contributed by atoms with E-state index >= 15 is 0 Å². The molecule has 1 N–H and O–H groups in total. The van der Waals surface area contributed by atoms with Crippen LogP contribution in [0.15, 0.2) is 18.3 Å². The van der Waals surface area contributed by atoms with Crippen molar-refractivity contribution in [1.82, 2.24) is 4.98 Å². The van der Waals surface area contributed by atoms with Crippen molar-refractivity contribution in [3.05, 3.63) is 29.1 Å². The predicted octanol–water partition coefficient (Wildman–Crippen LogP) is 1.91. The van der Waals surface area contributed by atoms with Gasteiger partial charge in [0.1, 0.15) is 0 Å². The van der Waals surface area contributed by atoms with Crippen molar-refractivity contribution in [3.63, 3.8) is 0 Å². The summed E-state index contributed by atoms with van der Waals surface area (Å²) < 4.78 is 30.0. The molecule has 0 radical (unpaired) electrons. The second-order valence-electron chi connectivity index (χ2n) is 3.99. The van der Waals surface area contributed by atoms with Crippen molar-refractivity contribution in [3.8, 4) is 0 Å². The van der Waals surface area contributed by atoms with Gasteiger partial charge in [-0.05, 0) is 23.6 Å². The molecule has 98 valence electrons. The van der Waals surface area contributed by atoms with Crippen molar-refractivity contribution >= 4 is 32.9 Å². The maximum atomic E-state index is 11.2. The molecule has 0 amide bonds. The molecule has 0 atom stereocenters. The largest absolute Gasteiger partial charge is 0.377 e. The SMILES string of the molecule is CS(=O)(=O)Nc1cc(C2=CCOCC2)cnc1Cl. The zero-order valence-electron chi connectivity index (χ0n) is 9.81. The van der Waals surface area contributed by atoms with E-state index in [4.69, 9.17) is 16.3 Å². The maximum absolute atomic E-state index is 11.2. The van der Waals surface area contributed by atoms with Crippen LogP contribution in [0.2, 0.25) is 5.15 Å². The van der Waals surface area contributed by atoms with E-state index in [1.807, 2.05) is 6.08 Å². The van der Waals surface area contributed by atoms with Gasteiger partial charge in [-0.1, -0.05) is 17.7 Å². The Kier molecular flexibility index (Phi) is 3.89. The summed E-state index contributed by atoms with van der Waals surface area (Å²) in [5.41, 5.74) is 2.24. The van der Waals surface area contributed by atoms with Gasteiger partial charge in [-0.3, -0.25) is 4.72 Å². The number of aromatic nitrogens is 1. The summed E-state index contributed by atoms with van der Waals surface area (Å²) in [5.74, 6) is 0. The average Bonchev–Trinajstić information content (AvgIpc) is 2.31. The molecule has 1 aromatic rings.